The molecule has 3 rings (SSSR count). The fraction of sp³-hybridized carbons (Fsp3) is 0.231. The smallest absolute Gasteiger partial charge is 0.370 e. The van der Waals surface area contributed by atoms with E-state index in [0.29, 0.717) is 5.52 Å². The van der Waals surface area contributed by atoms with Crippen molar-refractivity contribution < 1.29 is 18.3 Å². The van der Waals surface area contributed by atoms with Crippen LogP contribution in [0.3, 0.4) is 0 Å². The van der Waals surface area contributed by atoms with Crippen LogP contribution in [0.1, 0.15) is 11.4 Å². The highest BCUT2D eigenvalue weighted by Crippen LogP contribution is 2.45. The Morgan fingerprint density at radius 2 is 1.95 bits per heavy atom. The molecule has 110 valence electrons. The number of nitrogens with zero attached hydrogens (tertiary/aromatic N) is 3. The fourth-order valence-electron chi connectivity index (χ4n) is 2.39. The average Bonchev–Trinajstić information content (AvgIpc) is 3.03. The minimum absolute atomic E-state index is 0.278. The van der Waals surface area contributed by atoms with Crippen molar-refractivity contribution in [3.63, 3.8) is 0 Å². The van der Waals surface area contributed by atoms with E-state index < -0.39 is 17.6 Å². The topological polar surface area (TPSA) is 66.7 Å². The first-order chi connectivity index (χ1) is 9.85. The number of fused-ring (bicyclic) bond motifs is 1. The summed E-state index contributed by atoms with van der Waals surface area (Å²) in [6.07, 6.45) is -2.83. The number of hydrogen-bond acceptors (Lipinski definition) is 3. The fourth-order valence-corrected chi connectivity index (χ4v) is 2.39. The molecule has 0 unspecified atom stereocenters. The van der Waals surface area contributed by atoms with Gasteiger partial charge in [-0.05, 0) is 6.07 Å². The molecule has 0 spiro atoms. The Hall–Kier alpha value is -2.35. The van der Waals surface area contributed by atoms with Crippen molar-refractivity contribution >= 4 is 10.9 Å². The number of aromatic amines is 1. The molecule has 3 aromatic rings. The summed E-state index contributed by atoms with van der Waals surface area (Å²) in [6.45, 7) is 0. The molecule has 0 saturated carbocycles. The van der Waals surface area contributed by atoms with Crippen molar-refractivity contribution in [2.45, 2.75) is 11.8 Å². The van der Waals surface area contributed by atoms with Gasteiger partial charge in [0.15, 0.2) is 5.82 Å². The number of alkyl halides is 3. The summed E-state index contributed by atoms with van der Waals surface area (Å²) in [5.41, 5.74) is -3.04. The quantitative estimate of drug-likeness (QED) is 0.761. The standard InChI is InChI=1S/C13H11F3N4O/c1-20-11(18-7-19-20)12(21,13(14,15)16)9-6-17-10-5-3-2-4-8(9)10/h2-7,17,21H,1H3/t12-/m1/s1. The maximum atomic E-state index is 13.6. The van der Waals surface area contributed by atoms with Crippen LogP contribution in [0.5, 0.6) is 0 Å². The molecular weight excluding hydrogens is 285 g/mol. The Morgan fingerprint density at radius 3 is 2.57 bits per heavy atom. The van der Waals surface area contributed by atoms with E-state index in [4.69, 9.17) is 0 Å². The first kappa shape index (κ1) is 13.6. The average molecular weight is 296 g/mol. The Labute approximate surface area is 117 Å². The zero-order chi connectivity index (χ0) is 15.3. The Kier molecular flexibility index (Phi) is 2.80. The molecule has 2 heterocycles. The van der Waals surface area contributed by atoms with Crippen molar-refractivity contribution in [3.8, 4) is 0 Å². The van der Waals surface area contributed by atoms with Crippen LogP contribution in [0, 0.1) is 0 Å². The lowest BCUT2D eigenvalue weighted by atomic mass is 9.91. The van der Waals surface area contributed by atoms with E-state index in [1.54, 1.807) is 18.2 Å². The third-order valence-electron chi connectivity index (χ3n) is 3.42. The molecule has 0 amide bonds. The van der Waals surface area contributed by atoms with Crippen LogP contribution < -0.4 is 0 Å². The van der Waals surface area contributed by atoms with Crippen molar-refractivity contribution in [1.29, 1.82) is 0 Å². The molecule has 2 N–H and O–H groups in total. The number of aliphatic hydroxyl groups is 1. The second-order valence-electron chi connectivity index (χ2n) is 4.66. The monoisotopic (exact) mass is 296 g/mol. The molecule has 1 atom stereocenters. The minimum Gasteiger partial charge on any atom is -0.370 e. The first-order valence-corrected chi connectivity index (χ1v) is 6.06. The second kappa shape index (κ2) is 4.32. The zero-order valence-electron chi connectivity index (χ0n) is 10.9. The molecule has 1 aromatic carbocycles. The molecular formula is C13H11F3N4O. The number of aromatic nitrogens is 4. The number of nitrogens with one attached hydrogen (secondary N) is 1. The summed E-state index contributed by atoms with van der Waals surface area (Å²) in [5.74, 6) is -0.584. The third-order valence-corrected chi connectivity index (χ3v) is 3.42. The Morgan fingerprint density at radius 1 is 1.24 bits per heavy atom. The number of aryl methyl sites for hydroxylation is 1. The summed E-state index contributed by atoms with van der Waals surface area (Å²) in [4.78, 5) is 6.31. The zero-order valence-corrected chi connectivity index (χ0v) is 10.9. The summed E-state index contributed by atoms with van der Waals surface area (Å²) in [5, 5.41) is 14.4. The van der Waals surface area contributed by atoms with Gasteiger partial charge in [0.05, 0.1) is 0 Å². The largest absolute Gasteiger partial charge is 0.429 e. The molecule has 0 bridgehead atoms. The molecule has 0 aliphatic carbocycles. The highest BCUT2D eigenvalue weighted by atomic mass is 19.4. The number of para-hydroxylation sites is 1. The van der Waals surface area contributed by atoms with Gasteiger partial charge in [0.25, 0.3) is 0 Å². The molecule has 5 nitrogen and oxygen atoms in total. The maximum Gasteiger partial charge on any atom is 0.429 e. The van der Waals surface area contributed by atoms with E-state index in [1.807, 2.05) is 0 Å². The molecule has 0 aliphatic heterocycles. The maximum absolute atomic E-state index is 13.6. The van der Waals surface area contributed by atoms with Crippen molar-refractivity contribution in [3.05, 3.63) is 48.2 Å². The molecule has 8 heteroatoms. The van der Waals surface area contributed by atoms with Crippen LogP contribution in [0.25, 0.3) is 10.9 Å². The Balaban J connectivity index is 2.34. The van der Waals surface area contributed by atoms with Gasteiger partial charge in [0.2, 0.25) is 5.60 Å². The summed E-state index contributed by atoms with van der Waals surface area (Å²) in [6, 6.07) is 6.44. The lowest BCUT2D eigenvalue weighted by Crippen LogP contribution is -2.45. The van der Waals surface area contributed by atoms with Crippen LogP contribution in [-0.2, 0) is 12.6 Å². The molecule has 0 radical (unpaired) electrons. The molecule has 0 saturated heterocycles. The SMILES string of the molecule is Cn1ncnc1[C@](O)(c1c[nH]c2ccccc12)C(F)(F)F. The van der Waals surface area contributed by atoms with E-state index in [9.17, 15) is 18.3 Å². The lowest BCUT2D eigenvalue weighted by Gasteiger charge is -2.29. The van der Waals surface area contributed by atoms with Gasteiger partial charge in [-0.2, -0.15) is 18.3 Å². The minimum atomic E-state index is -4.95. The third kappa shape index (κ3) is 1.83. The van der Waals surface area contributed by atoms with Crippen LogP contribution in [0.2, 0.25) is 0 Å². The number of H-pyrrole nitrogens is 1. The highest BCUT2D eigenvalue weighted by Gasteiger charge is 2.60. The van der Waals surface area contributed by atoms with Gasteiger partial charge in [-0.3, -0.25) is 0 Å². The van der Waals surface area contributed by atoms with Gasteiger partial charge < -0.3 is 10.1 Å². The van der Waals surface area contributed by atoms with Gasteiger partial charge in [0.1, 0.15) is 6.33 Å². The van der Waals surface area contributed by atoms with Crippen LogP contribution in [-0.4, -0.2) is 31.0 Å². The summed E-state index contributed by atoms with van der Waals surface area (Å²) >= 11 is 0. The Bertz CT molecular complexity index is 792. The lowest BCUT2D eigenvalue weighted by molar-refractivity contribution is -0.251. The van der Waals surface area contributed by atoms with E-state index in [0.717, 1.165) is 17.2 Å². The normalized spacial score (nSPS) is 15.3. The van der Waals surface area contributed by atoms with Crippen LogP contribution in [0.4, 0.5) is 13.2 Å². The van der Waals surface area contributed by atoms with Gasteiger partial charge >= 0.3 is 6.18 Å². The van der Waals surface area contributed by atoms with E-state index in [-0.39, 0.29) is 10.9 Å². The number of halogens is 3. The van der Waals surface area contributed by atoms with Crippen LogP contribution >= 0.6 is 0 Å². The number of rotatable bonds is 2. The van der Waals surface area contributed by atoms with Crippen molar-refractivity contribution in [2.75, 3.05) is 0 Å². The van der Waals surface area contributed by atoms with Crippen molar-refractivity contribution in [1.82, 2.24) is 19.7 Å². The molecule has 0 fully saturated rings. The van der Waals surface area contributed by atoms with Crippen LogP contribution in [0.15, 0.2) is 36.8 Å². The van der Waals surface area contributed by atoms with Crippen molar-refractivity contribution in [2.24, 2.45) is 7.05 Å². The first-order valence-electron chi connectivity index (χ1n) is 6.06. The van der Waals surface area contributed by atoms with E-state index in [2.05, 4.69) is 15.1 Å². The van der Waals surface area contributed by atoms with Gasteiger partial charge in [-0.25, -0.2) is 9.67 Å². The predicted molar refractivity (Wildman–Crippen MR) is 68.4 cm³/mol. The van der Waals surface area contributed by atoms with E-state index >= 15 is 0 Å². The predicted octanol–water partition coefficient (Wildman–Crippen LogP) is 2.09. The molecule has 0 aliphatic rings. The van der Waals surface area contributed by atoms with E-state index in [1.165, 1.54) is 13.1 Å². The molecule has 21 heavy (non-hydrogen) atoms. The number of benzene rings is 1. The van der Waals surface area contributed by atoms with Gasteiger partial charge in [-0.15, -0.1) is 0 Å². The summed E-state index contributed by atoms with van der Waals surface area (Å²) in [7, 11) is 1.30. The second-order valence-corrected chi connectivity index (χ2v) is 4.66. The summed E-state index contributed by atoms with van der Waals surface area (Å²) < 4.78 is 41.7. The highest BCUT2D eigenvalue weighted by molar-refractivity contribution is 5.84. The molecule has 2 aromatic heterocycles. The van der Waals surface area contributed by atoms with Gasteiger partial charge in [-0.1, -0.05) is 18.2 Å². The number of hydrogen-bond donors (Lipinski definition) is 2. The van der Waals surface area contributed by atoms with Gasteiger partial charge in [0, 0.05) is 29.7 Å².